The Kier molecular flexibility index (Phi) is 6.01. The van der Waals surface area contributed by atoms with Crippen LogP contribution >= 0.6 is 0 Å². The van der Waals surface area contributed by atoms with E-state index in [0.29, 0.717) is 0 Å². The lowest BCUT2D eigenvalue weighted by molar-refractivity contribution is 0.656. The maximum Gasteiger partial charge on any atom is 0.136 e. The molecule has 0 bridgehead atoms. The molecule has 0 fully saturated rings. The zero-order chi connectivity index (χ0) is 33.8. The molecule has 0 unspecified atom stereocenters. The first kappa shape index (κ1) is 29.1. The fourth-order valence-electron chi connectivity index (χ4n) is 8.90. The highest BCUT2D eigenvalue weighted by Gasteiger charge is 2.39. The number of hydrogen-bond donors (Lipinski definition) is 0. The van der Waals surface area contributed by atoms with Crippen LogP contribution in [-0.4, -0.2) is 0 Å². The van der Waals surface area contributed by atoms with Crippen molar-refractivity contribution in [2.24, 2.45) is 0 Å². The molecule has 240 valence electrons. The number of fused-ring (bicyclic) bond motifs is 10. The van der Waals surface area contributed by atoms with Crippen molar-refractivity contribution in [1.29, 1.82) is 0 Å². The molecule has 0 spiro atoms. The number of benzene rings is 7. The minimum atomic E-state index is -0.184. The number of furan rings is 1. The second-order valence-electron chi connectivity index (χ2n) is 15.0. The molecule has 1 aromatic heterocycles. The topological polar surface area (TPSA) is 16.4 Å². The molecule has 0 amide bonds. The minimum Gasteiger partial charge on any atom is -0.456 e. The molecular weight excluding hydrogens is 607 g/mol. The van der Waals surface area contributed by atoms with E-state index in [1.54, 1.807) is 0 Å². The Labute approximate surface area is 293 Å². The number of anilines is 3. The van der Waals surface area contributed by atoms with E-state index in [1.807, 2.05) is 0 Å². The highest BCUT2D eigenvalue weighted by molar-refractivity contribution is 6.15. The molecule has 2 aliphatic rings. The molecule has 2 nitrogen and oxygen atoms in total. The smallest absolute Gasteiger partial charge is 0.136 e. The van der Waals surface area contributed by atoms with E-state index in [-0.39, 0.29) is 10.8 Å². The first-order valence-corrected chi connectivity index (χ1v) is 17.6. The van der Waals surface area contributed by atoms with Crippen LogP contribution in [0.25, 0.3) is 55.3 Å². The van der Waals surface area contributed by atoms with Gasteiger partial charge in [-0.05, 0) is 104 Å². The standard InChI is InChI=1S/C48H37NO/c1-47(2)39-16-10-8-14-35(39)38-28-33(23-25-40(38)47)49(32-20-18-31(19-21-32)30-12-6-5-7-13-30)34-22-24-36-42(29-34)48(3,4)41-26-27-44-46(45(36)41)37-15-9-11-17-43(37)50-44/h5-29H,1-4H3. The number of hydrogen-bond acceptors (Lipinski definition) is 2. The van der Waals surface area contributed by atoms with Gasteiger partial charge in [0, 0.05) is 38.7 Å². The van der Waals surface area contributed by atoms with Crippen LogP contribution in [-0.2, 0) is 10.8 Å². The Morgan fingerprint density at radius 1 is 0.420 bits per heavy atom. The van der Waals surface area contributed by atoms with Gasteiger partial charge < -0.3 is 9.32 Å². The van der Waals surface area contributed by atoms with Crippen LogP contribution in [0.15, 0.2) is 156 Å². The van der Waals surface area contributed by atoms with Crippen molar-refractivity contribution in [3.05, 3.63) is 174 Å². The summed E-state index contributed by atoms with van der Waals surface area (Å²) in [5, 5.41) is 2.39. The maximum absolute atomic E-state index is 6.35. The van der Waals surface area contributed by atoms with Gasteiger partial charge in [-0.25, -0.2) is 0 Å². The number of rotatable bonds is 4. The molecule has 0 N–H and O–H groups in total. The van der Waals surface area contributed by atoms with Gasteiger partial charge >= 0.3 is 0 Å². The van der Waals surface area contributed by atoms with Gasteiger partial charge in [0.15, 0.2) is 0 Å². The molecule has 8 aromatic rings. The maximum atomic E-state index is 6.35. The van der Waals surface area contributed by atoms with Gasteiger partial charge in [-0.3, -0.25) is 0 Å². The molecule has 50 heavy (non-hydrogen) atoms. The van der Waals surface area contributed by atoms with Crippen molar-refractivity contribution in [2.75, 3.05) is 4.90 Å². The summed E-state index contributed by atoms with van der Waals surface area (Å²) in [4.78, 5) is 2.44. The summed E-state index contributed by atoms with van der Waals surface area (Å²) in [6.45, 7) is 9.42. The minimum absolute atomic E-state index is 0.0431. The molecule has 0 aliphatic heterocycles. The third-order valence-electron chi connectivity index (χ3n) is 11.5. The van der Waals surface area contributed by atoms with Crippen molar-refractivity contribution in [2.45, 2.75) is 38.5 Å². The lowest BCUT2D eigenvalue weighted by atomic mass is 9.82. The zero-order valence-corrected chi connectivity index (χ0v) is 28.8. The molecule has 1 heterocycles. The molecular formula is C48H37NO. The Morgan fingerprint density at radius 3 is 1.88 bits per heavy atom. The van der Waals surface area contributed by atoms with Crippen LogP contribution in [0.3, 0.4) is 0 Å². The Morgan fingerprint density at radius 2 is 1.04 bits per heavy atom. The van der Waals surface area contributed by atoms with Gasteiger partial charge in [0.05, 0.1) is 0 Å². The first-order chi connectivity index (χ1) is 24.3. The summed E-state index contributed by atoms with van der Waals surface area (Å²) in [6, 6.07) is 55.5. The second-order valence-corrected chi connectivity index (χ2v) is 15.0. The normalized spacial score (nSPS) is 14.7. The van der Waals surface area contributed by atoms with E-state index in [2.05, 4.69) is 184 Å². The van der Waals surface area contributed by atoms with Gasteiger partial charge in [0.1, 0.15) is 11.2 Å². The largest absolute Gasteiger partial charge is 0.456 e. The van der Waals surface area contributed by atoms with Crippen LogP contribution in [0.2, 0.25) is 0 Å². The Hall–Kier alpha value is -5.86. The molecule has 0 radical (unpaired) electrons. The van der Waals surface area contributed by atoms with Crippen LogP contribution in [0.5, 0.6) is 0 Å². The molecule has 0 saturated carbocycles. The van der Waals surface area contributed by atoms with Crippen LogP contribution < -0.4 is 4.90 Å². The van der Waals surface area contributed by atoms with Crippen molar-refractivity contribution in [1.82, 2.24) is 0 Å². The molecule has 2 aliphatic carbocycles. The summed E-state index contributed by atoms with van der Waals surface area (Å²) in [5.74, 6) is 0. The van der Waals surface area contributed by atoms with E-state index >= 15 is 0 Å². The third kappa shape index (κ3) is 4.02. The van der Waals surface area contributed by atoms with Gasteiger partial charge in [-0.2, -0.15) is 0 Å². The summed E-state index contributed by atoms with van der Waals surface area (Å²) in [7, 11) is 0. The average molecular weight is 644 g/mol. The lowest BCUT2D eigenvalue weighted by Crippen LogP contribution is -2.17. The van der Waals surface area contributed by atoms with E-state index in [9.17, 15) is 0 Å². The Bertz CT molecular complexity index is 2640. The van der Waals surface area contributed by atoms with Crippen LogP contribution in [0, 0.1) is 0 Å². The van der Waals surface area contributed by atoms with Crippen LogP contribution in [0.1, 0.15) is 49.9 Å². The quantitative estimate of drug-likeness (QED) is 0.190. The van der Waals surface area contributed by atoms with Gasteiger partial charge in [-0.1, -0.05) is 131 Å². The fourth-order valence-corrected chi connectivity index (χ4v) is 8.90. The Balaban J connectivity index is 1.17. The monoisotopic (exact) mass is 643 g/mol. The van der Waals surface area contributed by atoms with Crippen molar-refractivity contribution in [3.63, 3.8) is 0 Å². The zero-order valence-electron chi connectivity index (χ0n) is 28.8. The first-order valence-electron chi connectivity index (χ1n) is 17.6. The summed E-state index contributed by atoms with van der Waals surface area (Å²) in [5.41, 5.74) is 18.2. The summed E-state index contributed by atoms with van der Waals surface area (Å²) in [6.07, 6.45) is 0. The highest BCUT2D eigenvalue weighted by atomic mass is 16.3. The van der Waals surface area contributed by atoms with Crippen molar-refractivity contribution < 1.29 is 4.42 Å². The highest BCUT2D eigenvalue weighted by Crippen LogP contribution is 2.55. The average Bonchev–Trinajstić information content (AvgIpc) is 3.72. The van der Waals surface area contributed by atoms with Gasteiger partial charge in [0.25, 0.3) is 0 Å². The predicted octanol–water partition coefficient (Wildman–Crippen LogP) is 13.3. The van der Waals surface area contributed by atoms with Crippen LogP contribution in [0.4, 0.5) is 17.1 Å². The third-order valence-corrected chi connectivity index (χ3v) is 11.5. The second kappa shape index (κ2) is 10.3. The fraction of sp³-hybridized carbons (Fsp3) is 0.125. The SMILES string of the molecule is CC1(C)c2ccccc2-c2cc(N(c3ccc(-c4ccccc4)cc3)c3ccc4c(c3)C(C)(C)c3ccc5oc6ccccc6c5c3-4)ccc21. The molecule has 2 heteroatoms. The number of nitrogens with zero attached hydrogens (tertiary/aromatic N) is 1. The summed E-state index contributed by atoms with van der Waals surface area (Å²) >= 11 is 0. The van der Waals surface area contributed by atoms with E-state index in [0.717, 1.165) is 28.2 Å². The molecule has 0 saturated heterocycles. The lowest BCUT2D eigenvalue weighted by Gasteiger charge is -2.29. The molecule has 7 aromatic carbocycles. The van der Waals surface area contributed by atoms with Gasteiger partial charge in [-0.15, -0.1) is 0 Å². The van der Waals surface area contributed by atoms with Gasteiger partial charge in [0.2, 0.25) is 0 Å². The van der Waals surface area contributed by atoms with Crippen molar-refractivity contribution >= 4 is 39.0 Å². The molecule has 10 rings (SSSR count). The van der Waals surface area contributed by atoms with E-state index in [4.69, 9.17) is 4.42 Å². The van der Waals surface area contributed by atoms with Crippen molar-refractivity contribution in [3.8, 4) is 33.4 Å². The predicted molar refractivity (Wildman–Crippen MR) is 209 cm³/mol. The summed E-state index contributed by atoms with van der Waals surface area (Å²) < 4.78 is 6.35. The van der Waals surface area contributed by atoms with E-state index in [1.165, 1.54) is 66.4 Å². The van der Waals surface area contributed by atoms with E-state index < -0.39 is 0 Å². The number of para-hydroxylation sites is 1. The molecule has 0 atom stereocenters.